The Bertz CT molecular complexity index is 505. The first-order chi connectivity index (χ1) is 8.45. The molecule has 84 valence electrons. The molecule has 1 heterocycles. The van der Waals surface area contributed by atoms with Gasteiger partial charge in [0.2, 0.25) is 0 Å². The maximum absolute atomic E-state index is 4.53. The molecular formula is C15H14N2. The van der Waals surface area contributed by atoms with Gasteiger partial charge in [0.1, 0.15) is 6.04 Å². The van der Waals surface area contributed by atoms with Crippen LogP contribution in [0.25, 0.3) is 0 Å². The predicted octanol–water partition coefficient (Wildman–Crippen LogP) is 3.10. The second-order valence-corrected chi connectivity index (χ2v) is 4.19. The summed E-state index contributed by atoms with van der Waals surface area (Å²) in [6.07, 6.45) is 1.81. The first kappa shape index (κ1) is 10.1. The van der Waals surface area contributed by atoms with E-state index in [2.05, 4.69) is 58.8 Å². The van der Waals surface area contributed by atoms with E-state index in [-0.39, 0.29) is 12.1 Å². The van der Waals surface area contributed by atoms with Gasteiger partial charge < -0.3 is 5.32 Å². The van der Waals surface area contributed by atoms with Crippen molar-refractivity contribution < 1.29 is 0 Å². The van der Waals surface area contributed by atoms with Gasteiger partial charge in [-0.1, -0.05) is 60.7 Å². The molecule has 1 aliphatic rings. The van der Waals surface area contributed by atoms with Crippen molar-refractivity contribution in [2.24, 2.45) is 4.99 Å². The average Bonchev–Trinajstić information content (AvgIpc) is 2.90. The molecule has 2 aromatic carbocycles. The second-order valence-electron chi connectivity index (χ2n) is 4.19. The van der Waals surface area contributed by atoms with Crippen LogP contribution in [-0.4, -0.2) is 6.34 Å². The Hall–Kier alpha value is -2.09. The molecule has 0 fully saturated rings. The van der Waals surface area contributed by atoms with E-state index < -0.39 is 0 Å². The van der Waals surface area contributed by atoms with Gasteiger partial charge in [-0.3, -0.25) is 4.99 Å². The molecule has 2 heteroatoms. The summed E-state index contributed by atoms with van der Waals surface area (Å²) in [4.78, 5) is 4.53. The lowest BCUT2D eigenvalue weighted by molar-refractivity contribution is 0.573. The Balaban J connectivity index is 1.93. The maximum Gasteiger partial charge on any atom is 0.101 e. The third-order valence-electron chi connectivity index (χ3n) is 3.10. The number of aliphatic imine (C=N–C) groups is 1. The summed E-state index contributed by atoms with van der Waals surface area (Å²) < 4.78 is 0. The zero-order valence-electron chi connectivity index (χ0n) is 9.45. The van der Waals surface area contributed by atoms with E-state index in [1.54, 1.807) is 0 Å². The van der Waals surface area contributed by atoms with Crippen molar-refractivity contribution in [2.45, 2.75) is 12.1 Å². The van der Waals surface area contributed by atoms with E-state index in [9.17, 15) is 0 Å². The minimum absolute atomic E-state index is 0.179. The van der Waals surface area contributed by atoms with Gasteiger partial charge in [0.15, 0.2) is 0 Å². The van der Waals surface area contributed by atoms with Crippen LogP contribution in [-0.2, 0) is 0 Å². The first-order valence-electron chi connectivity index (χ1n) is 5.83. The smallest absolute Gasteiger partial charge is 0.101 e. The first-order valence-corrected chi connectivity index (χ1v) is 5.83. The number of rotatable bonds is 2. The normalized spacial score (nSPS) is 22.4. The van der Waals surface area contributed by atoms with E-state index in [0.717, 1.165) is 0 Å². The van der Waals surface area contributed by atoms with Crippen LogP contribution in [0.3, 0.4) is 0 Å². The number of hydrogen-bond donors (Lipinski definition) is 1. The lowest BCUT2D eigenvalue weighted by Crippen LogP contribution is -2.18. The van der Waals surface area contributed by atoms with Crippen LogP contribution in [0.1, 0.15) is 23.2 Å². The van der Waals surface area contributed by atoms with Crippen LogP contribution < -0.4 is 5.32 Å². The van der Waals surface area contributed by atoms with Crippen LogP contribution in [0.15, 0.2) is 65.7 Å². The fourth-order valence-electron chi connectivity index (χ4n) is 2.25. The standard InChI is InChI=1S/C15H14N2/c1-3-7-12(8-4-1)14-15(17-11-16-14)13-9-5-2-6-10-13/h1-11,14-15H,(H,16,17)/t14-,15-/m1/s1. The van der Waals surface area contributed by atoms with E-state index in [4.69, 9.17) is 0 Å². The van der Waals surface area contributed by atoms with Gasteiger partial charge in [-0.15, -0.1) is 0 Å². The van der Waals surface area contributed by atoms with Crippen molar-refractivity contribution in [2.75, 3.05) is 0 Å². The molecule has 0 amide bonds. The molecule has 1 aliphatic heterocycles. The highest BCUT2D eigenvalue weighted by molar-refractivity contribution is 5.60. The summed E-state index contributed by atoms with van der Waals surface area (Å²) in [5, 5.41) is 3.33. The van der Waals surface area contributed by atoms with Crippen molar-refractivity contribution >= 4 is 6.34 Å². The van der Waals surface area contributed by atoms with Gasteiger partial charge in [-0.2, -0.15) is 0 Å². The van der Waals surface area contributed by atoms with Gasteiger partial charge in [-0.25, -0.2) is 0 Å². The Kier molecular flexibility index (Phi) is 2.62. The van der Waals surface area contributed by atoms with Crippen molar-refractivity contribution in [3.63, 3.8) is 0 Å². The van der Waals surface area contributed by atoms with Crippen molar-refractivity contribution in [3.05, 3.63) is 71.8 Å². The predicted molar refractivity (Wildman–Crippen MR) is 70.0 cm³/mol. The number of hydrogen-bond acceptors (Lipinski definition) is 2. The molecule has 0 saturated carbocycles. The molecule has 2 atom stereocenters. The van der Waals surface area contributed by atoms with E-state index in [0.29, 0.717) is 0 Å². The van der Waals surface area contributed by atoms with Gasteiger partial charge >= 0.3 is 0 Å². The lowest BCUT2D eigenvalue weighted by atomic mass is 9.95. The molecule has 0 spiro atoms. The van der Waals surface area contributed by atoms with Crippen LogP contribution in [0.2, 0.25) is 0 Å². The molecule has 0 saturated heterocycles. The molecule has 17 heavy (non-hydrogen) atoms. The highest BCUT2D eigenvalue weighted by Crippen LogP contribution is 2.34. The molecule has 0 bridgehead atoms. The summed E-state index contributed by atoms with van der Waals surface area (Å²) in [5.41, 5.74) is 2.53. The summed E-state index contributed by atoms with van der Waals surface area (Å²) >= 11 is 0. The van der Waals surface area contributed by atoms with Gasteiger partial charge in [0.05, 0.1) is 12.4 Å². The van der Waals surface area contributed by atoms with Crippen molar-refractivity contribution in [1.82, 2.24) is 5.32 Å². The van der Waals surface area contributed by atoms with Gasteiger partial charge in [0, 0.05) is 0 Å². The number of nitrogens with zero attached hydrogens (tertiary/aromatic N) is 1. The maximum atomic E-state index is 4.53. The summed E-state index contributed by atoms with van der Waals surface area (Å²) in [6.45, 7) is 0. The highest BCUT2D eigenvalue weighted by Gasteiger charge is 2.26. The Morgan fingerprint density at radius 2 is 1.35 bits per heavy atom. The molecule has 0 aliphatic carbocycles. The van der Waals surface area contributed by atoms with Crippen molar-refractivity contribution in [1.29, 1.82) is 0 Å². The van der Waals surface area contributed by atoms with Crippen LogP contribution in [0, 0.1) is 0 Å². The SMILES string of the molecule is C1=N[C@H](c2ccccc2)[C@@H](c2ccccc2)N1. The topological polar surface area (TPSA) is 24.4 Å². The molecular weight excluding hydrogens is 208 g/mol. The third-order valence-corrected chi connectivity index (χ3v) is 3.10. The molecule has 2 aromatic rings. The quantitative estimate of drug-likeness (QED) is 0.829. The van der Waals surface area contributed by atoms with E-state index in [1.165, 1.54) is 11.1 Å². The zero-order chi connectivity index (χ0) is 11.5. The van der Waals surface area contributed by atoms with E-state index in [1.807, 2.05) is 18.5 Å². The number of benzene rings is 2. The highest BCUT2D eigenvalue weighted by atomic mass is 15.1. The van der Waals surface area contributed by atoms with E-state index >= 15 is 0 Å². The van der Waals surface area contributed by atoms with Crippen LogP contribution in [0.5, 0.6) is 0 Å². The third kappa shape index (κ3) is 1.94. The second kappa shape index (κ2) is 4.42. The molecule has 0 unspecified atom stereocenters. The van der Waals surface area contributed by atoms with Crippen LogP contribution >= 0.6 is 0 Å². The van der Waals surface area contributed by atoms with Gasteiger partial charge in [-0.05, 0) is 11.1 Å². The summed E-state index contributed by atoms with van der Waals surface area (Å²) in [7, 11) is 0. The Morgan fingerprint density at radius 1 is 0.765 bits per heavy atom. The van der Waals surface area contributed by atoms with Crippen LogP contribution in [0.4, 0.5) is 0 Å². The monoisotopic (exact) mass is 222 g/mol. The minimum Gasteiger partial charge on any atom is -0.367 e. The fourth-order valence-corrected chi connectivity index (χ4v) is 2.25. The summed E-state index contributed by atoms with van der Waals surface area (Å²) in [5.74, 6) is 0. The van der Waals surface area contributed by atoms with Crippen molar-refractivity contribution in [3.8, 4) is 0 Å². The Morgan fingerprint density at radius 3 is 2.00 bits per heavy atom. The minimum atomic E-state index is 0.179. The largest absolute Gasteiger partial charge is 0.367 e. The Labute approximate surface area is 101 Å². The average molecular weight is 222 g/mol. The van der Waals surface area contributed by atoms with Gasteiger partial charge in [0.25, 0.3) is 0 Å². The zero-order valence-corrected chi connectivity index (χ0v) is 9.45. The lowest BCUT2D eigenvalue weighted by Gasteiger charge is -2.19. The summed E-state index contributed by atoms with van der Waals surface area (Å²) in [6, 6.07) is 21.3. The molecule has 1 N–H and O–H groups in total. The molecule has 2 nitrogen and oxygen atoms in total. The number of nitrogens with one attached hydrogen (secondary N) is 1. The molecule has 0 aromatic heterocycles. The molecule has 3 rings (SSSR count). The molecule has 0 radical (unpaired) electrons. The fraction of sp³-hybridized carbons (Fsp3) is 0.133.